The zero-order valence-electron chi connectivity index (χ0n) is 16.7. The first-order chi connectivity index (χ1) is 14.0. The summed E-state index contributed by atoms with van der Waals surface area (Å²) in [6, 6.07) is 12.1. The Kier molecular flexibility index (Phi) is 6.23. The molecule has 1 aliphatic rings. The van der Waals surface area contributed by atoms with Gasteiger partial charge in [0.05, 0.1) is 32.9 Å². The number of carbonyl (C=O) groups excluding carboxylic acids is 1. The molecule has 1 atom stereocenters. The normalized spacial score (nSPS) is 15.9. The van der Waals surface area contributed by atoms with Crippen molar-refractivity contribution >= 4 is 28.9 Å². The molecule has 1 heterocycles. The molecular formula is C21H23N3O4S. The van der Waals surface area contributed by atoms with Gasteiger partial charge in [-0.05, 0) is 61.6 Å². The predicted molar refractivity (Wildman–Crippen MR) is 115 cm³/mol. The molecule has 7 nitrogen and oxygen atoms in total. The molecule has 2 aromatic rings. The lowest BCUT2D eigenvalue weighted by atomic mass is 9.94. The average Bonchev–Trinajstić information content (AvgIpc) is 2.73. The Morgan fingerprint density at radius 2 is 1.66 bits per heavy atom. The van der Waals surface area contributed by atoms with Gasteiger partial charge in [0.15, 0.2) is 5.11 Å². The van der Waals surface area contributed by atoms with Crippen molar-refractivity contribution in [3.05, 3.63) is 59.3 Å². The van der Waals surface area contributed by atoms with Crippen molar-refractivity contribution in [2.45, 2.75) is 13.0 Å². The van der Waals surface area contributed by atoms with E-state index in [0.29, 0.717) is 39.3 Å². The van der Waals surface area contributed by atoms with E-state index in [4.69, 9.17) is 26.4 Å². The molecule has 3 rings (SSSR count). The average molecular weight is 413 g/mol. The third kappa shape index (κ3) is 4.43. The zero-order valence-corrected chi connectivity index (χ0v) is 17.5. The van der Waals surface area contributed by atoms with Crippen molar-refractivity contribution < 1.29 is 19.0 Å². The summed E-state index contributed by atoms with van der Waals surface area (Å²) in [7, 11) is 4.76. The van der Waals surface area contributed by atoms with Gasteiger partial charge in [-0.25, -0.2) is 0 Å². The molecule has 3 N–H and O–H groups in total. The van der Waals surface area contributed by atoms with Crippen LogP contribution in [0.2, 0.25) is 0 Å². The van der Waals surface area contributed by atoms with Crippen molar-refractivity contribution in [1.29, 1.82) is 0 Å². The lowest BCUT2D eigenvalue weighted by Gasteiger charge is -2.31. The van der Waals surface area contributed by atoms with Crippen LogP contribution in [0.1, 0.15) is 18.5 Å². The first kappa shape index (κ1) is 20.5. The third-order valence-corrected chi connectivity index (χ3v) is 4.83. The number of allylic oxidation sites excluding steroid dienone is 1. The van der Waals surface area contributed by atoms with Gasteiger partial charge in [0, 0.05) is 16.9 Å². The largest absolute Gasteiger partial charge is 0.497 e. The minimum atomic E-state index is -0.507. The number of anilines is 1. The van der Waals surface area contributed by atoms with Crippen LogP contribution >= 0.6 is 12.2 Å². The topological polar surface area (TPSA) is 80.9 Å². The monoisotopic (exact) mass is 413 g/mol. The second-order valence-corrected chi connectivity index (χ2v) is 6.77. The van der Waals surface area contributed by atoms with Crippen LogP contribution in [-0.4, -0.2) is 32.3 Å². The van der Waals surface area contributed by atoms with E-state index in [0.717, 1.165) is 5.56 Å². The fourth-order valence-electron chi connectivity index (χ4n) is 3.17. The summed E-state index contributed by atoms with van der Waals surface area (Å²) in [5.41, 5.74) is 2.56. The summed E-state index contributed by atoms with van der Waals surface area (Å²) in [5.74, 6) is 1.73. The van der Waals surface area contributed by atoms with Crippen molar-refractivity contribution in [2.24, 2.45) is 0 Å². The highest BCUT2D eigenvalue weighted by Crippen LogP contribution is 2.36. The Balaban J connectivity index is 1.98. The van der Waals surface area contributed by atoms with Crippen molar-refractivity contribution in [2.75, 3.05) is 26.6 Å². The molecule has 29 heavy (non-hydrogen) atoms. The Morgan fingerprint density at radius 3 is 2.28 bits per heavy atom. The Labute approximate surface area is 175 Å². The molecule has 0 radical (unpaired) electrons. The van der Waals surface area contributed by atoms with Crippen LogP contribution in [0.5, 0.6) is 17.2 Å². The molecule has 0 bridgehead atoms. The van der Waals surface area contributed by atoms with Crippen molar-refractivity contribution in [1.82, 2.24) is 10.6 Å². The van der Waals surface area contributed by atoms with E-state index in [1.165, 1.54) is 0 Å². The van der Waals surface area contributed by atoms with Crippen LogP contribution in [0.3, 0.4) is 0 Å². The number of benzene rings is 2. The summed E-state index contributed by atoms with van der Waals surface area (Å²) in [6.45, 7) is 1.82. The molecule has 0 aliphatic carbocycles. The van der Waals surface area contributed by atoms with Gasteiger partial charge in [-0.1, -0.05) is 0 Å². The Bertz CT molecular complexity index is 957. The van der Waals surface area contributed by atoms with Crippen molar-refractivity contribution in [3.8, 4) is 17.2 Å². The van der Waals surface area contributed by atoms with Gasteiger partial charge < -0.3 is 30.2 Å². The number of thiocarbonyl (C=S) groups is 1. The number of hydrogen-bond acceptors (Lipinski definition) is 5. The zero-order chi connectivity index (χ0) is 21.0. The van der Waals surface area contributed by atoms with Crippen molar-refractivity contribution in [3.63, 3.8) is 0 Å². The third-order valence-electron chi connectivity index (χ3n) is 4.61. The molecule has 1 amide bonds. The quantitative estimate of drug-likeness (QED) is 0.628. The van der Waals surface area contributed by atoms with Crippen LogP contribution in [0.15, 0.2) is 53.7 Å². The van der Waals surface area contributed by atoms with Crippen LogP contribution < -0.4 is 30.2 Å². The highest BCUT2D eigenvalue weighted by atomic mass is 32.1. The van der Waals surface area contributed by atoms with E-state index < -0.39 is 6.04 Å². The van der Waals surface area contributed by atoms with Crippen LogP contribution in [-0.2, 0) is 4.79 Å². The molecule has 1 aliphatic heterocycles. The summed E-state index contributed by atoms with van der Waals surface area (Å²) in [6.07, 6.45) is 0. The van der Waals surface area contributed by atoms with Gasteiger partial charge in [-0.3, -0.25) is 4.79 Å². The molecule has 0 aromatic heterocycles. The maximum absolute atomic E-state index is 13.2. The van der Waals surface area contributed by atoms with E-state index >= 15 is 0 Å². The van der Waals surface area contributed by atoms with Crippen LogP contribution in [0, 0.1) is 0 Å². The molecule has 0 fully saturated rings. The number of carbonyl (C=O) groups is 1. The maximum atomic E-state index is 13.2. The summed E-state index contributed by atoms with van der Waals surface area (Å²) in [5, 5.41) is 9.55. The first-order valence-corrected chi connectivity index (χ1v) is 9.33. The fraction of sp³-hybridized carbons (Fsp3) is 0.238. The Morgan fingerprint density at radius 1 is 1.00 bits per heavy atom. The van der Waals surface area contributed by atoms with Gasteiger partial charge in [0.2, 0.25) is 0 Å². The van der Waals surface area contributed by atoms with Gasteiger partial charge in [0.1, 0.15) is 17.2 Å². The lowest BCUT2D eigenvalue weighted by molar-refractivity contribution is -0.113. The molecule has 2 aromatic carbocycles. The second-order valence-electron chi connectivity index (χ2n) is 6.36. The standard InChI is InChI=1S/C21H23N3O4S/c1-12-18(20(25)23-13-5-7-14(26-2)8-6-13)19(24-21(29)22-12)16-11-15(27-3)9-10-17(16)28-4/h5-11,19H,1-4H3,(H,23,25)(H2,22,24,29)/t19-/m0/s1. The van der Waals surface area contributed by atoms with E-state index in [1.54, 1.807) is 57.7 Å². The molecule has 152 valence electrons. The summed E-state index contributed by atoms with van der Waals surface area (Å²) >= 11 is 5.32. The number of nitrogens with one attached hydrogen (secondary N) is 3. The number of rotatable bonds is 6. The van der Waals surface area contributed by atoms with Crippen LogP contribution in [0.4, 0.5) is 5.69 Å². The van der Waals surface area contributed by atoms with E-state index in [-0.39, 0.29) is 5.91 Å². The molecule has 0 saturated heterocycles. The predicted octanol–water partition coefficient (Wildman–Crippen LogP) is 3.14. The SMILES string of the molecule is COc1ccc(NC(=O)C2=C(C)NC(=S)N[C@H]2c2cc(OC)ccc2OC)cc1. The molecule has 8 heteroatoms. The Hall–Kier alpha value is -3.26. The number of methoxy groups -OCH3 is 3. The lowest BCUT2D eigenvalue weighted by Crippen LogP contribution is -2.45. The summed E-state index contributed by atoms with van der Waals surface area (Å²) < 4.78 is 16.0. The van der Waals surface area contributed by atoms with Crippen LogP contribution in [0.25, 0.3) is 0 Å². The molecule has 0 saturated carbocycles. The highest BCUT2D eigenvalue weighted by molar-refractivity contribution is 7.80. The maximum Gasteiger partial charge on any atom is 0.255 e. The van der Waals surface area contributed by atoms with Gasteiger partial charge in [-0.2, -0.15) is 0 Å². The van der Waals surface area contributed by atoms with Gasteiger partial charge >= 0.3 is 0 Å². The minimum absolute atomic E-state index is 0.259. The molecular weight excluding hydrogens is 390 g/mol. The van der Waals surface area contributed by atoms with E-state index in [2.05, 4.69) is 16.0 Å². The van der Waals surface area contributed by atoms with Gasteiger partial charge in [0.25, 0.3) is 5.91 Å². The first-order valence-electron chi connectivity index (χ1n) is 8.92. The number of ether oxygens (including phenoxy) is 3. The summed E-state index contributed by atoms with van der Waals surface area (Å²) in [4.78, 5) is 13.2. The fourth-order valence-corrected chi connectivity index (χ4v) is 3.44. The number of hydrogen-bond donors (Lipinski definition) is 3. The second kappa shape index (κ2) is 8.83. The van der Waals surface area contributed by atoms with Gasteiger partial charge in [-0.15, -0.1) is 0 Å². The molecule has 0 spiro atoms. The van der Waals surface area contributed by atoms with E-state index in [1.807, 2.05) is 13.0 Å². The van der Waals surface area contributed by atoms with E-state index in [9.17, 15) is 4.79 Å². The minimum Gasteiger partial charge on any atom is -0.497 e. The smallest absolute Gasteiger partial charge is 0.255 e. The number of amides is 1. The highest BCUT2D eigenvalue weighted by Gasteiger charge is 2.32. The molecule has 0 unspecified atom stereocenters.